The number of carbonyl (C=O) groups excluding carboxylic acids is 2. The number of nitrogens with one attached hydrogen (secondary N) is 1. The molecule has 2 N–H and O–H groups in total. The Morgan fingerprint density at radius 3 is 2.67 bits per heavy atom. The first-order valence-electron chi connectivity index (χ1n) is 10.1. The van der Waals surface area contributed by atoms with E-state index in [1.165, 1.54) is 7.11 Å². The quantitative estimate of drug-likeness (QED) is 0.659. The molecular weight excluding hydrogens is 406 g/mol. The monoisotopic (exact) mass is 433 g/mol. The number of phenols is 1. The second-order valence-electron chi connectivity index (χ2n) is 8.62. The number of methoxy groups -OCH3 is 1. The first kappa shape index (κ1) is 22.2. The molecule has 30 heavy (non-hydrogen) atoms. The number of allylic oxidation sites excluding steroid dienone is 3. The standard InChI is InChI=1S/C23H28ClNO5/c1-6-7-30-22(28)18-12(2)25-15-10-23(3,4)11-16(26)20(15)19(18)13-8-14(24)21(27)17(9-13)29-5/h8-9,19,25,27H,6-7,10-11H2,1-5H3/t19-/m0/s1. The van der Waals surface area contributed by atoms with Crippen molar-refractivity contribution in [3.8, 4) is 11.5 Å². The van der Waals surface area contributed by atoms with Crippen molar-refractivity contribution in [1.29, 1.82) is 0 Å². The van der Waals surface area contributed by atoms with Crippen LogP contribution in [-0.4, -0.2) is 30.6 Å². The Morgan fingerprint density at radius 2 is 2.03 bits per heavy atom. The Bertz CT molecular complexity index is 961. The highest BCUT2D eigenvalue weighted by Gasteiger charge is 2.43. The van der Waals surface area contributed by atoms with Gasteiger partial charge in [-0.2, -0.15) is 0 Å². The predicted octanol–water partition coefficient (Wildman–Crippen LogP) is 4.61. The molecule has 0 aromatic heterocycles. The number of halogens is 1. The smallest absolute Gasteiger partial charge is 0.336 e. The number of ether oxygens (including phenoxy) is 2. The van der Waals surface area contributed by atoms with Gasteiger partial charge in [0.2, 0.25) is 0 Å². The lowest BCUT2D eigenvalue weighted by molar-refractivity contribution is -0.139. The number of benzene rings is 1. The lowest BCUT2D eigenvalue weighted by Gasteiger charge is -2.39. The van der Waals surface area contributed by atoms with Gasteiger partial charge in [0, 0.05) is 29.3 Å². The molecule has 1 aromatic rings. The molecule has 6 nitrogen and oxygen atoms in total. The van der Waals surface area contributed by atoms with E-state index >= 15 is 0 Å². The van der Waals surface area contributed by atoms with Crippen LogP contribution in [0.15, 0.2) is 34.7 Å². The van der Waals surface area contributed by atoms with E-state index in [0.29, 0.717) is 41.7 Å². The summed E-state index contributed by atoms with van der Waals surface area (Å²) >= 11 is 6.24. The van der Waals surface area contributed by atoms with E-state index in [1.54, 1.807) is 12.1 Å². The highest BCUT2D eigenvalue weighted by Crippen LogP contribution is 2.48. The highest BCUT2D eigenvalue weighted by molar-refractivity contribution is 6.32. The molecule has 162 valence electrons. The van der Waals surface area contributed by atoms with E-state index in [-0.39, 0.29) is 34.3 Å². The van der Waals surface area contributed by atoms with Crippen molar-refractivity contribution in [2.24, 2.45) is 5.41 Å². The zero-order valence-electron chi connectivity index (χ0n) is 18.0. The van der Waals surface area contributed by atoms with Crippen molar-refractivity contribution < 1.29 is 24.2 Å². The Kier molecular flexibility index (Phi) is 6.18. The number of dihydropyridines is 1. The van der Waals surface area contributed by atoms with Crippen molar-refractivity contribution in [2.45, 2.75) is 52.9 Å². The number of aromatic hydroxyl groups is 1. The second kappa shape index (κ2) is 8.34. The molecule has 1 atom stereocenters. The van der Waals surface area contributed by atoms with Crippen LogP contribution in [0.25, 0.3) is 0 Å². The Labute approximate surface area is 181 Å². The summed E-state index contributed by atoms with van der Waals surface area (Å²) in [7, 11) is 1.42. The third kappa shape index (κ3) is 4.06. The van der Waals surface area contributed by atoms with E-state index in [1.807, 2.05) is 13.8 Å². The second-order valence-corrected chi connectivity index (χ2v) is 9.03. The van der Waals surface area contributed by atoms with Crippen LogP contribution in [0, 0.1) is 5.41 Å². The normalized spacial score (nSPS) is 20.6. The molecule has 1 aliphatic carbocycles. The molecule has 1 aromatic carbocycles. The maximum atomic E-state index is 13.2. The van der Waals surface area contributed by atoms with Crippen LogP contribution in [0.5, 0.6) is 11.5 Å². The van der Waals surface area contributed by atoms with Crippen molar-refractivity contribution in [3.63, 3.8) is 0 Å². The number of ketones is 1. The summed E-state index contributed by atoms with van der Waals surface area (Å²) in [5.41, 5.74) is 2.80. The maximum absolute atomic E-state index is 13.2. The summed E-state index contributed by atoms with van der Waals surface area (Å²) in [6.07, 6.45) is 1.75. The molecule has 0 spiro atoms. The van der Waals surface area contributed by atoms with Gasteiger partial charge >= 0.3 is 5.97 Å². The molecule has 1 aliphatic heterocycles. The number of Topliss-reactive ketones (excluding diaryl/α,β-unsaturated/α-hetero) is 1. The summed E-state index contributed by atoms with van der Waals surface area (Å²) in [6, 6.07) is 3.20. The largest absolute Gasteiger partial charge is 0.503 e. The van der Waals surface area contributed by atoms with Crippen LogP contribution >= 0.6 is 11.6 Å². The molecule has 1 heterocycles. The fourth-order valence-corrected chi connectivity index (χ4v) is 4.45. The topological polar surface area (TPSA) is 84.9 Å². The minimum atomic E-state index is -0.652. The molecule has 0 unspecified atom stereocenters. The Balaban J connectivity index is 2.21. The van der Waals surface area contributed by atoms with Gasteiger partial charge in [0.1, 0.15) is 0 Å². The van der Waals surface area contributed by atoms with Gasteiger partial charge in [-0.05, 0) is 42.9 Å². The zero-order chi connectivity index (χ0) is 22.2. The predicted molar refractivity (Wildman–Crippen MR) is 115 cm³/mol. The summed E-state index contributed by atoms with van der Waals surface area (Å²) in [6.45, 7) is 8.12. The van der Waals surface area contributed by atoms with Crippen LogP contribution in [0.3, 0.4) is 0 Å². The molecular formula is C23H28ClNO5. The van der Waals surface area contributed by atoms with E-state index in [4.69, 9.17) is 21.1 Å². The first-order chi connectivity index (χ1) is 14.1. The molecule has 7 heteroatoms. The van der Waals surface area contributed by atoms with Gasteiger partial charge in [0.15, 0.2) is 17.3 Å². The van der Waals surface area contributed by atoms with Gasteiger partial charge in [-0.25, -0.2) is 4.79 Å². The fourth-order valence-electron chi connectivity index (χ4n) is 4.23. The van der Waals surface area contributed by atoms with E-state index in [0.717, 1.165) is 5.70 Å². The number of carbonyl (C=O) groups is 2. The fraction of sp³-hybridized carbons (Fsp3) is 0.478. The average Bonchev–Trinajstić information content (AvgIpc) is 2.66. The third-order valence-corrected chi connectivity index (χ3v) is 5.79. The average molecular weight is 434 g/mol. The summed E-state index contributed by atoms with van der Waals surface area (Å²) < 4.78 is 10.7. The molecule has 0 fully saturated rings. The van der Waals surface area contributed by atoms with E-state index < -0.39 is 11.9 Å². The van der Waals surface area contributed by atoms with Gasteiger partial charge < -0.3 is 19.9 Å². The van der Waals surface area contributed by atoms with Gasteiger partial charge in [-0.15, -0.1) is 0 Å². The van der Waals surface area contributed by atoms with E-state index in [9.17, 15) is 14.7 Å². The molecule has 0 amide bonds. The van der Waals surface area contributed by atoms with E-state index in [2.05, 4.69) is 19.2 Å². The molecule has 0 saturated heterocycles. The maximum Gasteiger partial charge on any atom is 0.336 e. The van der Waals surface area contributed by atoms with Crippen LogP contribution in [-0.2, 0) is 14.3 Å². The molecule has 2 aliphatic rings. The van der Waals surface area contributed by atoms with Crippen LogP contribution in [0.1, 0.15) is 58.4 Å². The van der Waals surface area contributed by atoms with Gasteiger partial charge in [0.05, 0.1) is 24.3 Å². The number of hydrogen-bond acceptors (Lipinski definition) is 6. The van der Waals surface area contributed by atoms with Crippen molar-refractivity contribution in [1.82, 2.24) is 5.32 Å². The minimum absolute atomic E-state index is 0.0183. The molecule has 0 saturated carbocycles. The lowest BCUT2D eigenvalue weighted by atomic mass is 9.68. The number of esters is 1. The molecule has 0 radical (unpaired) electrons. The molecule has 0 bridgehead atoms. The minimum Gasteiger partial charge on any atom is -0.503 e. The van der Waals surface area contributed by atoms with Crippen molar-refractivity contribution in [3.05, 3.63) is 45.3 Å². The van der Waals surface area contributed by atoms with Crippen LogP contribution in [0.2, 0.25) is 5.02 Å². The third-order valence-electron chi connectivity index (χ3n) is 5.50. The Morgan fingerprint density at radius 1 is 1.33 bits per heavy atom. The summed E-state index contributed by atoms with van der Waals surface area (Å²) in [5.74, 6) is -1.14. The van der Waals surface area contributed by atoms with Crippen LogP contribution in [0.4, 0.5) is 0 Å². The first-order valence-corrected chi connectivity index (χ1v) is 10.4. The van der Waals surface area contributed by atoms with Gasteiger partial charge in [-0.1, -0.05) is 32.4 Å². The summed E-state index contributed by atoms with van der Waals surface area (Å²) in [5, 5.41) is 13.5. The lowest BCUT2D eigenvalue weighted by Crippen LogP contribution is -2.38. The van der Waals surface area contributed by atoms with Crippen LogP contribution < -0.4 is 10.1 Å². The number of phenolic OH excluding ortho intramolecular Hbond substituents is 1. The highest BCUT2D eigenvalue weighted by atomic mass is 35.5. The van der Waals surface area contributed by atoms with Crippen molar-refractivity contribution >= 4 is 23.4 Å². The number of hydrogen-bond donors (Lipinski definition) is 2. The SMILES string of the molecule is CCCOC(=O)C1=C(C)NC2=C(C(=O)CC(C)(C)C2)[C@H]1c1cc(Cl)c(O)c(OC)c1. The molecule has 3 rings (SSSR count). The Hall–Kier alpha value is -2.47. The summed E-state index contributed by atoms with van der Waals surface area (Å²) in [4.78, 5) is 26.2. The zero-order valence-corrected chi connectivity index (χ0v) is 18.8. The van der Waals surface area contributed by atoms with Crippen molar-refractivity contribution in [2.75, 3.05) is 13.7 Å². The van der Waals surface area contributed by atoms with Gasteiger partial charge in [-0.3, -0.25) is 4.79 Å². The van der Waals surface area contributed by atoms with Gasteiger partial charge in [0.25, 0.3) is 0 Å². The number of rotatable bonds is 5.